The van der Waals surface area contributed by atoms with E-state index in [1.165, 1.54) is 26.8 Å². The summed E-state index contributed by atoms with van der Waals surface area (Å²) in [7, 11) is 0. The van der Waals surface area contributed by atoms with Crippen molar-refractivity contribution >= 4 is 38.6 Å². The van der Waals surface area contributed by atoms with Crippen LogP contribution in [0, 0.1) is 0 Å². The molecule has 0 saturated carbocycles. The zero-order chi connectivity index (χ0) is 14.9. The minimum absolute atomic E-state index is 1.10. The van der Waals surface area contributed by atoms with E-state index in [0.717, 1.165) is 4.47 Å². The second-order valence-electron chi connectivity index (χ2n) is 4.87. The lowest BCUT2D eigenvalue weighted by Gasteiger charge is -2.12. The van der Waals surface area contributed by atoms with Crippen LogP contribution in [0.5, 0.6) is 0 Å². The maximum atomic E-state index is 3.52. The van der Waals surface area contributed by atoms with Crippen LogP contribution in [0.4, 0.5) is 0 Å². The second kappa shape index (κ2) is 5.88. The minimum Gasteiger partial charge on any atom is -0.308 e. The van der Waals surface area contributed by atoms with Crippen LogP contribution >= 0.6 is 38.6 Å². The average Bonchev–Trinajstić information content (AvgIpc) is 3.27. The summed E-state index contributed by atoms with van der Waals surface area (Å²) < 4.78 is 3.43. The molecule has 0 aliphatic rings. The van der Waals surface area contributed by atoms with E-state index in [1.807, 2.05) is 0 Å². The molecule has 0 unspecified atom stereocenters. The highest BCUT2D eigenvalue weighted by Crippen LogP contribution is 2.36. The van der Waals surface area contributed by atoms with Crippen LogP contribution in [-0.4, -0.2) is 4.57 Å². The van der Waals surface area contributed by atoms with Gasteiger partial charge in [0.1, 0.15) is 0 Å². The van der Waals surface area contributed by atoms with Crippen LogP contribution in [0.15, 0.2) is 75.9 Å². The molecule has 4 aromatic rings. The fourth-order valence-corrected chi connectivity index (χ4v) is 4.28. The van der Waals surface area contributed by atoms with Crippen LogP contribution in [0.25, 0.3) is 26.8 Å². The maximum absolute atomic E-state index is 3.52. The monoisotopic (exact) mass is 385 g/mol. The molecule has 0 amide bonds. The Labute approximate surface area is 145 Å². The van der Waals surface area contributed by atoms with E-state index in [0.29, 0.717) is 0 Å². The Balaban J connectivity index is 1.96. The Bertz CT molecular complexity index is 820. The first kappa shape index (κ1) is 14.0. The Morgan fingerprint density at radius 3 is 1.68 bits per heavy atom. The van der Waals surface area contributed by atoms with E-state index in [-0.39, 0.29) is 0 Å². The van der Waals surface area contributed by atoms with Crippen LogP contribution in [0.3, 0.4) is 0 Å². The van der Waals surface area contributed by atoms with Gasteiger partial charge in [0.15, 0.2) is 0 Å². The van der Waals surface area contributed by atoms with Crippen molar-refractivity contribution in [3.8, 4) is 26.8 Å². The third-order valence-corrected chi connectivity index (χ3v) is 5.83. The first-order valence-corrected chi connectivity index (χ1v) is 9.43. The van der Waals surface area contributed by atoms with Crippen LogP contribution in [0.2, 0.25) is 0 Å². The molecule has 0 aliphatic heterocycles. The van der Waals surface area contributed by atoms with Crippen molar-refractivity contribution in [1.82, 2.24) is 4.57 Å². The van der Waals surface area contributed by atoms with Gasteiger partial charge in [0, 0.05) is 10.2 Å². The number of nitrogens with zero attached hydrogens (tertiary/aromatic N) is 1. The lowest BCUT2D eigenvalue weighted by molar-refractivity contribution is 1.10. The van der Waals surface area contributed by atoms with E-state index in [1.54, 1.807) is 22.7 Å². The molecule has 0 spiro atoms. The van der Waals surface area contributed by atoms with Gasteiger partial charge in [0.05, 0.1) is 21.1 Å². The fourth-order valence-electron chi connectivity index (χ4n) is 2.54. The van der Waals surface area contributed by atoms with E-state index < -0.39 is 0 Å². The molecule has 1 aromatic carbocycles. The molecule has 0 atom stereocenters. The number of hydrogen-bond donors (Lipinski definition) is 0. The van der Waals surface area contributed by atoms with Gasteiger partial charge >= 0.3 is 0 Å². The van der Waals surface area contributed by atoms with Crippen molar-refractivity contribution in [1.29, 1.82) is 0 Å². The predicted molar refractivity (Wildman–Crippen MR) is 100 cm³/mol. The van der Waals surface area contributed by atoms with Gasteiger partial charge in [-0.15, -0.1) is 22.7 Å². The lowest BCUT2D eigenvalue weighted by Crippen LogP contribution is -1.97. The Hall–Kier alpha value is -1.62. The molecule has 4 rings (SSSR count). The standard InChI is InChI=1S/C18H12BrNS2/c19-13-5-7-14(8-6-13)20-15(17-3-1-11-21-17)9-10-16(20)18-4-2-12-22-18/h1-12H. The second-order valence-corrected chi connectivity index (χ2v) is 7.68. The van der Waals surface area contributed by atoms with Crippen molar-refractivity contribution in [2.75, 3.05) is 0 Å². The van der Waals surface area contributed by atoms with Gasteiger partial charge in [-0.05, 0) is 59.3 Å². The molecule has 0 bridgehead atoms. The molecule has 0 fully saturated rings. The molecule has 0 saturated heterocycles. The third-order valence-electron chi connectivity index (χ3n) is 3.51. The molecule has 0 N–H and O–H groups in total. The van der Waals surface area contributed by atoms with Crippen LogP contribution in [-0.2, 0) is 0 Å². The average molecular weight is 386 g/mol. The van der Waals surface area contributed by atoms with Crippen molar-refractivity contribution in [2.45, 2.75) is 0 Å². The largest absolute Gasteiger partial charge is 0.308 e. The zero-order valence-electron chi connectivity index (χ0n) is 11.6. The van der Waals surface area contributed by atoms with E-state index in [2.05, 4.69) is 91.9 Å². The SMILES string of the molecule is Brc1ccc(-n2c(-c3cccs3)ccc2-c2cccs2)cc1. The quantitative estimate of drug-likeness (QED) is 0.369. The van der Waals surface area contributed by atoms with Gasteiger partial charge in [-0.3, -0.25) is 0 Å². The zero-order valence-corrected chi connectivity index (χ0v) is 14.8. The molecule has 0 aliphatic carbocycles. The summed E-state index contributed by atoms with van der Waals surface area (Å²) in [4.78, 5) is 2.57. The van der Waals surface area contributed by atoms with Crippen molar-refractivity contribution < 1.29 is 0 Å². The number of benzene rings is 1. The molecular formula is C18H12BrNS2. The predicted octanol–water partition coefficient (Wildman–Crippen LogP) is 6.70. The Morgan fingerprint density at radius 1 is 0.682 bits per heavy atom. The summed E-state index contributed by atoms with van der Waals surface area (Å²) in [5, 5.41) is 4.25. The first-order valence-electron chi connectivity index (χ1n) is 6.88. The Kier molecular flexibility index (Phi) is 3.74. The highest BCUT2D eigenvalue weighted by Gasteiger charge is 2.14. The summed E-state index contributed by atoms with van der Waals surface area (Å²) in [5.41, 5.74) is 3.65. The highest BCUT2D eigenvalue weighted by atomic mass is 79.9. The number of hydrogen-bond acceptors (Lipinski definition) is 2. The van der Waals surface area contributed by atoms with E-state index >= 15 is 0 Å². The molecule has 0 radical (unpaired) electrons. The summed E-state index contributed by atoms with van der Waals surface area (Å²) in [5.74, 6) is 0. The number of aromatic nitrogens is 1. The van der Waals surface area contributed by atoms with Gasteiger partial charge in [0.2, 0.25) is 0 Å². The highest BCUT2D eigenvalue weighted by molar-refractivity contribution is 9.10. The summed E-state index contributed by atoms with van der Waals surface area (Å²) in [6.45, 7) is 0. The minimum atomic E-state index is 1.10. The number of thiophene rings is 2. The van der Waals surface area contributed by atoms with Gasteiger partial charge in [-0.25, -0.2) is 0 Å². The molecule has 4 heteroatoms. The number of halogens is 1. The molecule has 1 nitrogen and oxygen atoms in total. The van der Waals surface area contributed by atoms with Gasteiger partial charge < -0.3 is 4.57 Å². The molecule has 22 heavy (non-hydrogen) atoms. The van der Waals surface area contributed by atoms with Crippen LogP contribution < -0.4 is 0 Å². The molecular weight excluding hydrogens is 374 g/mol. The normalized spacial score (nSPS) is 11.0. The van der Waals surface area contributed by atoms with Gasteiger partial charge in [-0.2, -0.15) is 0 Å². The van der Waals surface area contributed by atoms with Crippen molar-refractivity contribution in [3.05, 3.63) is 75.9 Å². The van der Waals surface area contributed by atoms with Gasteiger partial charge in [-0.1, -0.05) is 28.1 Å². The number of rotatable bonds is 3. The first-order chi connectivity index (χ1) is 10.8. The molecule has 3 heterocycles. The third kappa shape index (κ3) is 2.47. The summed E-state index contributed by atoms with van der Waals surface area (Å²) in [6.07, 6.45) is 0. The van der Waals surface area contributed by atoms with E-state index in [9.17, 15) is 0 Å². The molecule has 108 valence electrons. The van der Waals surface area contributed by atoms with E-state index in [4.69, 9.17) is 0 Å². The maximum Gasteiger partial charge on any atom is 0.0635 e. The van der Waals surface area contributed by atoms with Gasteiger partial charge in [0.25, 0.3) is 0 Å². The fraction of sp³-hybridized carbons (Fsp3) is 0. The van der Waals surface area contributed by atoms with Crippen molar-refractivity contribution in [2.24, 2.45) is 0 Å². The summed E-state index contributed by atoms with van der Waals surface area (Å²) >= 11 is 7.06. The molecule has 3 aromatic heterocycles. The smallest absolute Gasteiger partial charge is 0.0635 e. The van der Waals surface area contributed by atoms with Crippen LogP contribution in [0.1, 0.15) is 0 Å². The van der Waals surface area contributed by atoms with Crippen molar-refractivity contribution in [3.63, 3.8) is 0 Å². The lowest BCUT2D eigenvalue weighted by atomic mass is 10.2. The Morgan fingerprint density at radius 2 is 1.23 bits per heavy atom. The summed E-state index contributed by atoms with van der Waals surface area (Å²) in [6, 6.07) is 21.5. The topological polar surface area (TPSA) is 4.93 Å².